The van der Waals surface area contributed by atoms with E-state index >= 15 is 0 Å². The maximum absolute atomic E-state index is 13.4. The van der Waals surface area contributed by atoms with Gasteiger partial charge in [-0.2, -0.15) is 0 Å². The highest BCUT2D eigenvalue weighted by atomic mass is 32.1. The minimum Gasteiger partial charge on any atom is -0.384 e. The second kappa shape index (κ2) is 8.59. The highest BCUT2D eigenvalue weighted by Crippen LogP contribution is 2.33. The monoisotopic (exact) mass is 410 g/mol. The average molecular weight is 411 g/mol. The Balaban J connectivity index is 1.83. The van der Waals surface area contributed by atoms with Crippen molar-refractivity contribution >= 4 is 27.3 Å². The van der Waals surface area contributed by atoms with Crippen molar-refractivity contribution in [2.75, 3.05) is 13.7 Å². The van der Waals surface area contributed by atoms with E-state index in [0.29, 0.717) is 37.2 Å². The van der Waals surface area contributed by atoms with Crippen LogP contribution in [0, 0.1) is 0 Å². The fourth-order valence-corrected chi connectivity index (χ4v) is 5.02. The first kappa shape index (κ1) is 20.0. The molecule has 5 nitrogen and oxygen atoms in total. The van der Waals surface area contributed by atoms with Gasteiger partial charge in [0.1, 0.15) is 16.4 Å². The third-order valence-electron chi connectivity index (χ3n) is 5.65. The molecule has 4 rings (SSSR count). The van der Waals surface area contributed by atoms with E-state index in [9.17, 15) is 9.59 Å². The summed E-state index contributed by atoms with van der Waals surface area (Å²) in [6.45, 7) is 2.39. The second-order valence-electron chi connectivity index (χ2n) is 7.70. The van der Waals surface area contributed by atoms with Gasteiger partial charge < -0.3 is 4.74 Å². The number of fused-ring (bicyclic) bond motifs is 2. The first-order valence-corrected chi connectivity index (χ1v) is 11.1. The maximum Gasteiger partial charge on any atom is 0.262 e. The van der Waals surface area contributed by atoms with Crippen LogP contribution in [-0.2, 0) is 35.3 Å². The maximum atomic E-state index is 13.4. The quantitative estimate of drug-likeness (QED) is 0.586. The summed E-state index contributed by atoms with van der Waals surface area (Å²) in [6.07, 6.45) is 5.60. The Morgan fingerprint density at radius 3 is 2.79 bits per heavy atom. The van der Waals surface area contributed by atoms with Gasteiger partial charge in [0, 0.05) is 37.4 Å². The Morgan fingerprint density at radius 1 is 1.24 bits per heavy atom. The van der Waals surface area contributed by atoms with E-state index in [2.05, 4.69) is 18.2 Å². The van der Waals surface area contributed by atoms with Crippen molar-refractivity contribution in [3.63, 3.8) is 0 Å². The van der Waals surface area contributed by atoms with Crippen molar-refractivity contribution in [2.24, 2.45) is 0 Å². The lowest BCUT2D eigenvalue weighted by molar-refractivity contribution is -0.117. The van der Waals surface area contributed by atoms with Gasteiger partial charge in [0.25, 0.3) is 5.56 Å². The number of ketones is 1. The highest BCUT2D eigenvalue weighted by molar-refractivity contribution is 7.17. The summed E-state index contributed by atoms with van der Waals surface area (Å²) in [5.41, 5.74) is 4.80. The standard InChI is InChI=1S/C23H26N2O3S/c1-15(26)9-11-25-20(10-12-28-2)24-22-21(23(25)27)19(14-29-22)18-8-7-16-5-3-4-6-17(16)13-18/h7-8,13-14H,3-6,9-12H2,1-2H3. The third-order valence-corrected chi connectivity index (χ3v) is 6.52. The summed E-state index contributed by atoms with van der Waals surface area (Å²) in [7, 11) is 1.63. The van der Waals surface area contributed by atoms with Crippen LogP contribution in [0.1, 0.15) is 43.1 Å². The molecule has 3 aromatic rings. The number of aromatic nitrogens is 2. The molecule has 0 N–H and O–H groups in total. The predicted molar refractivity (Wildman–Crippen MR) is 117 cm³/mol. The van der Waals surface area contributed by atoms with Crippen LogP contribution in [0.3, 0.4) is 0 Å². The Morgan fingerprint density at radius 2 is 2.03 bits per heavy atom. The van der Waals surface area contributed by atoms with Gasteiger partial charge >= 0.3 is 0 Å². The topological polar surface area (TPSA) is 61.2 Å². The van der Waals surface area contributed by atoms with Gasteiger partial charge in [-0.1, -0.05) is 18.2 Å². The molecule has 6 heteroatoms. The highest BCUT2D eigenvalue weighted by Gasteiger charge is 2.18. The predicted octanol–water partition coefficient (Wildman–Crippen LogP) is 4.17. The number of rotatable bonds is 7. The minimum atomic E-state index is -0.0590. The van der Waals surface area contributed by atoms with Crippen LogP contribution in [0.25, 0.3) is 21.3 Å². The molecule has 0 saturated carbocycles. The summed E-state index contributed by atoms with van der Waals surface area (Å²) in [5.74, 6) is 0.749. The van der Waals surface area contributed by atoms with E-state index in [1.165, 1.54) is 35.3 Å². The van der Waals surface area contributed by atoms with Crippen molar-refractivity contribution < 1.29 is 9.53 Å². The van der Waals surface area contributed by atoms with E-state index in [1.807, 2.05) is 5.38 Å². The van der Waals surface area contributed by atoms with E-state index in [4.69, 9.17) is 9.72 Å². The smallest absolute Gasteiger partial charge is 0.262 e. The van der Waals surface area contributed by atoms with Crippen LogP contribution < -0.4 is 5.56 Å². The number of thiophene rings is 1. The molecule has 2 heterocycles. The van der Waals surface area contributed by atoms with Crippen LogP contribution in [0.2, 0.25) is 0 Å². The van der Waals surface area contributed by atoms with E-state index < -0.39 is 0 Å². The molecule has 0 radical (unpaired) electrons. The van der Waals surface area contributed by atoms with Gasteiger partial charge in [-0.15, -0.1) is 11.3 Å². The van der Waals surface area contributed by atoms with Gasteiger partial charge in [-0.3, -0.25) is 14.2 Å². The van der Waals surface area contributed by atoms with E-state index in [1.54, 1.807) is 18.6 Å². The van der Waals surface area contributed by atoms with Gasteiger partial charge in [0.15, 0.2) is 0 Å². The van der Waals surface area contributed by atoms with Gasteiger partial charge in [0.2, 0.25) is 0 Å². The lowest BCUT2D eigenvalue weighted by Gasteiger charge is -2.16. The number of aryl methyl sites for hydroxylation is 2. The number of hydrogen-bond acceptors (Lipinski definition) is 5. The van der Waals surface area contributed by atoms with Crippen molar-refractivity contribution in [1.82, 2.24) is 9.55 Å². The van der Waals surface area contributed by atoms with E-state index in [-0.39, 0.29) is 11.3 Å². The number of Topliss-reactive ketones (excluding diaryl/α,β-unsaturated/α-hetero) is 1. The zero-order valence-electron chi connectivity index (χ0n) is 17.0. The second-order valence-corrected chi connectivity index (χ2v) is 8.56. The van der Waals surface area contributed by atoms with Crippen molar-refractivity contribution in [3.8, 4) is 11.1 Å². The van der Waals surface area contributed by atoms with Crippen LogP contribution in [0.15, 0.2) is 28.4 Å². The molecule has 0 bridgehead atoms. The zero-order valence-corrected chi connectivity index (χ0v) is 17.8. The molecule has 1 aliphatic rings. The molecule has 29 heavy (non-hydrogen) atoms. The van der Waals surface area contributed by atoms with Crippen molar-refractivity contribution in [2.45, 2.75) is 52.0 Å². The lowest BCUT2D eigenvalue weighted by atomic mass is 9.89. The number of nitrogens with zero attached hydrogens (tertiary/aromatic N) is 2. The molecule has 1 aromatic carbocycles. The summed E-state index contributed by atoms with van der Waals surface area (Å²) in [6, 6.07) is 6.58. The molecule has 0 fully saturated rings. The lowest BCUT2D eigenvalue weighted by Crippen LogP contribution is -2.26. The van der Waals surface area contributed by atoms with Crippen LogP contribution in [0.4, 0.5) is 0 Å². The first-order chi connectivity index (χ1) is 14.1. The molecule has 0 amide bonds. The molecule has 2 aromatic heterocycles. The van der Waals surface area contributed by atoms with Crippen molar-refractivity contribution in [3.05, 3.63) is 50.9 Å². The number of methoxy groups -OCH3 is 1. The number of hydrogen-bond donors (Lipinski definition) is 0. The number of carbonyl (C=O) groups is 1. The summed E-state index contributed by atoms with van der Waals surface area (Å²) in [4.78, 5) is 30.5. The third kappa shape index (κ3) is 4.05. The fraction of sp³-hybridized carbons (Fsp3) is 0.435. The van der Waals surface area contributed by atoms with Crippen LogP contribution >= 0.6 is 11.3 Å². The Kier molecular flexibility index (Phi) is 5.92. The van der Waals surface area contributed by atoms with Crippen molar-refractivity contribution in [1.29, 1.82) is 0 Å². The summed E-state index contributed by atoms with van der Waals surface area (Å²) < 4.78 is 6.85. The largest absolute Gasteiger partial charge is 0.384 e. The van der Waals surface area contributed by atoms with Crippen LogP contribution in [0.5, 0.6) is 0 Å². The Bertz CT molecular complexity index is 1110. The molecule has 1 aliphatic carbocycles. The Labute approximate surface area is 174 Å². The molecule has 0 aliphatic heterocycles. The van der Waals surface area contributed by atoms with E-state index in [0.717, 1.165) is 28.8 Å². The number of carbonyl (C=O) groups excluding carboxylic acids is 1. The molecule has 0 spiro atoms. The molecule has 0 atom stereocenters. The number of ether oxygens (including phenoxy) is 1. The Hall–Kier alpha value is -2.31. The fourth-order valence-electron chi connectivity index (χ4n) is 4.06. The normalized spacial score (nSPS) is 13.6. The molecule has 152 valence electrons. The average Bonchev–Trinajstić information content (AvgIpc) is 3.15. The molecular formula is C23H26N2O3S. The molecule has 0 unspecified atom stereocenters. The molecular weight excluding hydrogens is 384 g/mol. The summed E-state index contributed by atoms with van der Waals surface area (Å²) >= 11 is 1.51. The molecule has 0 saturated heterocycles. The SMILES string of the molecule is COCCc1nc2scc(-c3ccc4c(c3)CCCC4)c2c(=O)n1CCC(C)=O. The number of benzene rings is 1. The van der Waals surface area contributed by atoms with Gasteiger partial charge in [0.05, 0.1) is 12.0 Å². The van der Waals surface area contributed by atoms with Crippen LogP contribution in [-0.4, -0.2) is 29.1 Å². The van der Waals surface area contributed by atoms with Gasteiger partial charge in [-0.25, -0.2) is 4.98 Å². The van der Waals surface area contributed by atoms with Gasteiger partial charge in [-0.05, 0) is 49.3 Å². The minimum absolute atomic E-state index is 0.0590. The summed E-state index contributed by atoms with van der Waals surface area (Å²) in [5, 5.41) is 2.70. The first-order valence-electron chi connectivity index (χ1n) is 10.2. The zero-order chi connectivity index (χ0) is 20.4.